The van der Waals surface area contributed by atoms with Gasteiger partial charge in [0.2, 0.25) is 0 Å². The maximum Gasteiger partial charge on any atom is 0.340 e. The summed E-state index contributed by atoms with van der Waals surface area (Å²) in [5.41, 5.74) is 3.33. The van der Waals surface area contributed by atoms with Crippen LogP contribution in [-0.2, 0) is 4.74 Å². The van der Waals surface area contributed by atoms with Gasteiger partial charge in [-0.1, -0.05) is 0 Å². The van der Waals surface area contributed by atoms with Gasteiger partial charge in [-0.3, -0.25) is 0 Å². The molecule has 6 heteroatoms. The first-order chi connectivity index (χ1) is 9.52. The third-order valence-corrected chi connectivity index (χ3v) is 4.04. The molecule has 20 heavy (non-hydrogen) atoms. The number of hydrogen-bond acceptors (Lipinski definition) is 5. The van der Waals surface area contributed by atoms with Crippen LogP contribution in [0.4, 0.5) is 10.1 Å². The van der Waals surface area contributed by atoms with Gasteiger partial charge in [0, 0.05) is 10.6 Å². The minimum Gasteiger partial charge on any atom is -0.465 e. The van der Waals surface area contributed by atoms with Crippen molar-refractivity contribution in [3.8, 4) is 0 Å². The Bertz CT molecular complexity index is 627. The summed E-state index contributed by atoms with van der Waals surface area (Å²) in [6, 6.07) is 4.32. The van der Waals surface area contributed by atoms with Crippen molar-refractivity contribution in [2.75, 3.05) is 12.4 Å². The molecule has 0 radical (unpaired) electrons. The summed E-state index contributed by atoms with van der Waals surface area (Å²) in [7, 11) is 1.23. The second-order valence-corrected chi connectivity index (χ2v) is 5.24. The predicted molar refractivity (Wildman–Crippen MR) is 76.6 cm³/mol. The molecule has 0 aliphatic carbocycles. The van der Waals surface area contributed by atoms with Gasteiger partial charge < -0.3 is 10.1 Å². The third-order valence-electron chi connectivity index (χ3n) is 2.93. The third kappa shape index (κ3) is 2.96. The van der Waals surface area contributed by atoms with Crippen LogP contribution in [0.5, 0.6) is 0 Å². The Kier molecular flexibility index (Phi) is 4.34. The highest BCUT2D eigenvalue weighted by molar-refractivity contribution is 7.09. The fourth-order valence-electron chi connectivity index (χ4n) is 1.92. The van der Waals surface area contributed by atoms with Crippen molar-refractivity contribution in [1.82, 2.24) is 4.98 Å². The van der Waals surface area contributed by atoms with Gasteiger partial charge in [-0.25, -0.2) is 14.2 Å². The summed E-state index contributed by atoms with van der Waals surface area (Å²) in [5.74, 6) is -1.28. The molecule has 1 unspecified atom stereocenters. The topological polar surface area (TPSA) is 51.2 Å². The molecule has 1 atom stereocenters. The Morgan fingerprint density at radius 2 is 2.25 bits per heavy atom. The molecule has 1 N–H and O–H groups in total. The number of carbonyl (C=O) groups excluding carboxylic acids is 1. The SMILES string of the molecule is COC(=O)c1cc(NC(C)c2scnc2C)ccc1F. The van der Waals surface area contributed by atoms with Crippen molar-refractivity contribution in [3.05, 3.63) is 45.7 Å². The van der Waals surface area contributed by atoms with Gasteiger partial charge in [-0.2, -0.15) is 0 Å². The lowest BCUT2D eigenvalue weighted by Crippen LogP contribution is -2.09. The highest BCUT2D eigenvalue weighted by Gasteiger charge is 2.15. The molecule has 1 heterocycles. The van der Waals surface area contributed by atoms with E-state index in [2.05, 4.69) is 15.0 Å². The van der Waals surface area contributed by atoms with Crippen LogP contribution >= 0.6 is 11.3 Å². The molecule has 0 amide bonds. The first-order valence-corrected chi connectivity index (χ1v) is 6.95. The molecular formula is C14H15FN2O2S. The number of rotatable bonds is 4. The number of anilines is 1. The summed E-state index contributed by atoms with van der Waals surface area (Å²) in [5, 5.41) is 3.23. The van der Waals surface area contributed by atoms with Crippen molar-refractivity contribution in [3.63, 3.8) is 0 Å². The van der Waals surface area contributed by atoms with Crippen molar-refractivity contribution < 1.29 is 13.9 Å². The van der Waals surface area contributed by atoms with Gasteiger partial charge >= 0.3 is 5.97 Å². The van der Waals surface area contributed by atoms with E-state index in [0.717, 1.165) is 10.6 Å². The molecule has 0 aliphatic rings. The van der Waals surface area contributed by atoms with Crippen LogP contribution < -0.4 is 5.32 Å². The maximum atomic E-state index is 13.5. The zero-order valence-electron chi connectivity index (χ0n) is 11.4. The molecule has 0 saturated carbocycles. The predicted octanol–water partition coefficient (Wildman–Crippen LogP) is 3.55. The summed E-state index contributed by atoms with van der Waals surface area (Å²) in [6.07, 6.45) is 0. The quantitative estimate of drug-likeness (QED) is 0.876. The lowest BCUT2D eigenvalue weighted by Gasteiger charge is -2.15. The largest absolute Gasteiger partial charge is 0.465 e. The van der Waals surface area contributed by atoms with E-state index in [1.54, 1.807) is 22.9 Å². The van der Waals surface area contributed by atoms with Gasteiger partial charge in [0.25, 0.3) is 0 Å². The summed E-state index contributed by atoms with van der Waals surface area (Å²) >= 11 is 1.56. The standard InChI is InChI=1S/C14H15FN2O2S/c1-8-13(20-7-16-8)9(2)17-10-4-5-12(15)11(6-10)14(18)19-3/h4-7,9,17H,1-3H3. The van der Waals surface area contributed by atoms with Gasteiger partial charge in [-0.05, 0) is 32.0 Å². The summed E-state index contributed by atoms with van der Waals surface area (Å²) in [4.78, 5) is 16.8. The smallest absolute Gasteiger partial charge is 0.340 e. The van der Waals surface area contributed by atoms with E-state index in [9.17, 15) is 9.18 Å². The van der Waals surface area contributed by atoms with Crippen LogP contribution in [0.25, 0.3) is 0 Å². The molecule has 0 fully saturated rings. The Hall–Kier alpha value is -1.95. The molecule has 2 aromatic rings. The lowest BCUT2D eigenvalue weighted by atomic mass is 10.1. The zero-order valence-corrected chi connectivity index (χ0v) is 12.3. The van der Waals surface area contributed by atoms with Gasteiger partial charge in [0.15, 0.2) is 0 Å². The summed E-state index contributed by atoms with van der Waals surface area (Å²) < 4.78 is 18.1. The number of esters is 1. The number of nitrogens with one attached hydrogen (secondary N) is 1. The monoisotopic (exact) mass is 294 g/mol. The van der Waals surface area contributed by atoms with Gasteiger partial charge in [-0.15, -0.1) is 11.3 Å². The maximum absolute atomic E-state index is 13.5. The van der Waals surface area contributed by atoms with Gasteiger partial charge in [0.05, 0.1) is 29.9 Å². The van der Waals surface area contributed by atoms with Crippen LogP contribution in [0.2, 0.25) is 0 Å². The van der Waals surface area contributed by atoms with E-state index in [1.165, 1.54) is 19.2 Å². The van der Waals surface area contributed by atoms with E-state index in [-0.39, 0.29) is 11.6 Å². The molecule has 4 nitrogen and oxygen atoms in total. The van der Waals surface area contributed by atoms with E-state index < -0.39 is 11.8 Å². The average Bonchev–Trinajstić information content (AvgIpc) is 2.86. The molecule has 0 spiro atoms. The second-order valence-electron chi connectivity index (χ2n) is 4.35. The number of aryl methyl sites for hydroxylation is 1. The Balaban J connectivity index is 2.22. The van der Waals surface area contributed by atoms with Crippen LogP contribution in [0.1, 0.15) is 33.9 Å². The Morgan fingerprint density at radius 3 is 2.85 bits per heavy atom. The Morgan fingerprint density at radius 1 is 1.50 bits per heavy atom. The van der Waals surface area contributed by atoms with Crippen molar-refractivity contribution in [1.29, 1.82) is 0 Å². The number of thiazole rings is 1. The molecule has 0 bridgehead atoms. The fourth-order valence-corrected chi connectivity index (χ4v) is 2.73. The number of ether oxygens (including phenoxy) is 1. The van der Waals surface area contributed by atoms with Crippen molar-refractivity contribution in [2.24, 2.45) is 0 Å². The molecular weight excluding hydrogens is 279 g/mol. The molecule has 0 aliphatic heterocycles. The number of benzene rings is 1. The van der Waals surface area contributed by atoms with E-state index in [1.807, 2.05) is 13.8 Å². The van der Waals surface area contributed by atoms with E-state index in [4.69, 9.17) is 0 Å². The highest BCUT2D eigenvalue weighted by Crippen LogP contribution is 2.26. The van der Waals surface area contributed by atoms with Crippen LogP contribution in [-0.4, -0.2) is 18.1 Å². The van der Waals surface area contributed by atoms with Crippen LogP contribution in [0.15, 0.2) is 23.7 Å². The minimum atomic E-state index is -0.687. The van der Waals surface area contributed by atoms with E-state index in [0.29, 0.717) is 5.69 Å². The van der Waals surface area contributed by atoms with Crippen molar-refractivity contribution >= 4 is 23.0 Å². The number of nitrogens with zero attached hydrogens (tertiary/aromatic N) is 1. The Labute approximate surface area is 120 Å². The van der Waals surface area contributed by atoms with E-state index >= 15 is 0 Å². The molecule has 106 valence electrons. The molecule has 1 aromatic carbocycles. The van der Waals surface area contributed by atoms with Crippen LogP contribution in [0, 0.1) is 12.7 Å². The number of carbonyl (C=O) groups is 1. The first-order valence-electron chi connectivity index (χ1n) is 6.07. The first kappa shape index (κ1) is 14.5. The lowest BCUT2D eigenvalue weighted by molar-refractivity contribution is 0.0595. The van der Waals surface area contributed by atoms with Gasteiger partial charge in [0.1, 0.15) is 5.82 Å². The van der Waals surface area contributed by atoms with Crippen molar-refractivity contribution in [2.45, 2.75) is 19.9 Å². The fraction of sp³-hybridized carbons (Fsp3) is 0.286. The zero-order chi connectivity index (χ0) is 14.7. The second kappa shape index (κ2) is 6.00. The molecule has 0 saturated heterocycles. The van der Waals surface area contributed by atoms with Crippen LogP contribution in [0.3, 0.4) is 0 Å². The molecule has 1 aromatic heterocycles. The number of aromatic nitrogens is 1. The normalized spacial score (nSPS) is 12.0. The number of methoxy groups -OCH3 is 1. The average molecular weight is 294 g/mol. The summed E-state index contributed by atoms with van der Waals surface area (Å²) in [6.45, 7) is 3.93. The minimum absolute atomic E-state index is 0.0264. The number of halogens is 1. The number of hydrogen-bond donors (Lipinski definition) is 1. The highest BCUT2D eigenvalue weighted by atomic mass is 32.1. The molecule has 2 rings (SSSR count).